The molecule has 1 atom stereocenters. The maximum absolute atomic E-state index is 9.22. The highest BCUT2D eigenvalue weighted by atomic mass is 16.5. The fraction of sp³-hybridized carbons (Fsp3) is 0.320. The molecule has 0 aliphatic carbocycles. The summed E-state index contributed by atoms with van der Waals surface area (Å²) >= 11 is 0. The van der Waals surface area contributed by atoms with E-state index in [1.54, 1.807) is 7.11 Å². The number of hydrogen-bond donors (Lipinski definition) is 3. The first kappa shape index (κ1) is 21.8. The summed E-state index contributed by atoms with van der Waals surface area (Å²) in [5.41, 5.74) is 6.17. The molecule has 5 nitrogen and oxygen atoms in total. The van der Waals surface area contributed by atoms with Crippen LogP contribution in [0, 0.1) is 0 Å². The first-order valence-corrected chi connectivity index (χ1v) is 10.5. The van der Waals surface area contributed by atoms with Crippen LogP contribution in [0.4, 0.5) is 5.69 Å². The van der Waals surface area contributed by atoms with Crippen LogP contribution in [-0.2, 0) is 13.0 Å². The van der Waals surface area contributed by atoms with Crippen molar-refractivity contribution in [3.05, 3.63) is 78.1 Å². The van der Waals surface area contributed by atoms with E-state index >= 15 is 0 Å². The normalized spacial score (nSPS) is 14.7. The predicted octanol–water partition coefficient (Wildman–Crippen LogP) is 4.27. The molecule has 2 aromatic carbocycles. The van der Waals surface area contributed by atoms with Crippen LogP contribution >= 0.6 is 0 Å². The van der Waals surface area contributed by atoms with Gasteiger partial charge in [-0.25, -0.2) is 0 Å². The van der Waals surface area contributed by atoms with Gasteiger partial charge in [-0.3, -0.25) is 4.98 Å². The van der Waals surface area contributed by atoms with E-state index in [1.165, 1.54) is 22.3 Å². The summed E-state index contributed by atoms with van der Waals surface area (Å²) in [4.78, 5) is 3.93. The molecule has 158 valence electrons. The van der Waals surface area contributed by atoms with Gasteiger partial charge >= 0.3 is 0 Å². The number of anilines is 1. The molecule has 1 aliphatic heterocycles. The Hall–Kier alpha value is -2.89. The summed E-state index contributed by atoms with van der Waals surface area (Å²) in [5, 5.41) is 15.8. The molecule has 0 saturated heterocycles. The van der Waals surface area contributed by atoms with Crippen LogP contribution in [-0.4, -0.2) is 36.4 Å². The standard InChI is InChI=1S/C17H19NO2.C8H12N2/c1-20-16-7-3-12(4-8-16)13-5-9-17-14(10-13)2-6-15(11-19)18-17;1-2-9-7-8-3-5-10-6-4-8/h3-5,7-10,15,18-19H,2,6,11H2,1H3;3-6,9H,2,7H2,1H3. The summed E-state index contributed by atoms with van der Waals surface area (Å²) < 4.78 is 5.19. The highest BCUT2D eigenvalue weighted by Gasteiger charge is 2.17. The van der Waals surface area contributed by atoms with E-state index in [0.29, 0.717) is 0 Å². The Morgan fingerprint density at radius 2 is 1.80 bits per heavy atom. The van der Waals surface area contributed by atoms with Gasteiger partial charge in [-0.05, 0) is 78.0 Å². The predicted molar refractivity (Wildman–Crippen MR) is 123 cm³/mol. The molecule has 0 amide bonds. The lowest BCUT2D eigenvalue weighted by Crippen LogP contribution is -2.28. The number of rotatable bonds is 6. The Balaban J connectivity index is 0.000000216. The minimum absolute atomic E-state index is 0.189. The number of hydrogen-bond acceptors (Lipinski definition) is 5. The Morgan fingerprint density at radius 3 is 2.47 bits per heavy atom. The zero-order valence-corrected chi connectivity index (χ0v) is 17.8. The lowest BCUT2D eigenvalue weighted by molar-refractivity contribution is 0.267. The van der Waals surface area contributed by atoms with Gasteiger partial charge in [0.25, 0.3) is 0 Å². The van der Waals surface area contributed by atoms with Crippen molar-refractivity contribution in [2.45, 2.75) is 32.4 Å². The van der Waals surface area contributed by atoms with Crippen molar-refractivity contribution in [3.63, 3.8) is 0 Å². The summed E-state index contributed by atoms with van der Waals surface area (Å²) in [6, 6.07) is 18.8. The quantitative estimate of drug-likeness (QED) is 0.571. The summed E-state index contributed by atoms with van der Waals surface area (Å²) in [6.45, 7) is 4.25. The van der Waals surface area contributed by atoms with Gasteiger partial charge in [0.05, 0.1) is 13.7 Å². The second-order valence-electron chi connectivity index (χ2n) is 7.30. The second kappa shape index (κ2) is 11.3. The van der Waals surface area contributed by atoms with Crippen molar-refractivity contribution < 1.29 is 9.84 Å². The van der Waals surface area contributed by atoms with Crippen LogP contribution in [0.5, 0.6) is 5.75 Å². The minimum atomic E-state index is 0.189. The number of benzene rings is 2. The monoisotopic (exact) mass is 405 g/mol. The molecule has 3 aromatic rings. The zero-order valence-electron chi connectivity index (χ0n) is 17.8. The van der Waals surface area contributed by atoms with Gasteiger partial charge in [-0.2, -0.15) is 0 Å². The number of pyridine rings is 1. The van der Waals surface area contributed by atoms with E-state index in [1.807, 2.05) is 36.7 Å². The average Bonchev–Trinajstić information content (AvgIpc) is 2.83. The van der Waals surface area contributed by atoms with Gasteiger partial charge in [0.2, 0.25) is 0 Å². The fourth-order valence-electron chi connectivity index (χ4n) is 3.43. The van der Waals surface area contributed by atoms with Crippen LogP contribution in [0.3, 0.4) is 0 Å². The van der Waals surface area contributed by atoms with Crippen LogP contribution in [0.2, 0.25) is 0 Å². The molecule has 4 rings (SSSR count). The summed E-state index contributed by atoms with van der Waals surface area (Å²) in [7, 11) is 1.68. The molecule has 0 fully saturated rings. The van der Waals surface area contributed by atoms with Crippen molar-refractivity contribution in [2.75, 3.05) is 25.6 Å². The topological polar surface area (TPSA) is 66.4 Å². The number of methoxy groups -OCH3 is 1. The van der Waals surface area contributed by atoms with Gasteiger partial charge in [-0.1, -0.05) is 25.1 Å². The van der Waals surface area contributed by atoms with E-state index in [9.17, 15) is 5.11 Å². The largest absolute Gasteiger partial charge is 0.497 e. The number of aromatic nitrogens is 1. The molecule has 2 heterocycles. The third-order valence-electron chi connectivity index (χ3n) is 5.20. The molecule has 0 saturated carbocycles. The average molecular weight is 406 g/mol. The van der Waals surface area contributed by atoms with Gasteiger partial charge < -0.3 is 20.5 Å². The fourth-order valence-corrected chi connectivity index (χ4v) is 3.43. The third-order valence-corrected chi connectivity index (χ3v) is 5.20. The highest BCUT2D eigenvalue weighted by molar-refractivity contribution is 5.69. The number of aliphatic hydroxyl groups is 1. The first-order valence-electron chi connectivity index (χ1n) is 10.5. The number of nitrogens with one attached hydrogen (secondary N) is 2. The van der Waals surface area contributed by atoms with E-state index in [2.05, 4.69) is 52.9 Å². The molecule has 1 unspecified atom stereocenters. The van der Waals surface area contributed by atoms with Crippen LogP contribution in [0.15, 0.2) is 67.0 Å². The van der Waals surface area contributed by atoms with Crippen LogP contribution in [0.25, 0.3) is 11.1 Å². The number of aliphatic hydroxyl groups excluding tert-OH is 1. The molecule has 1 aromatic heterocycles. The number of ether oxygens (including phenoxy) is 1. The number of aryl methyl sites for hydroxylation is 1. The highest BCUT2D eigenvalue weighted by Crippen LogP contribution is 2.30. The van der Waals surface area contributed by atoms with Gasteiger partial charge in [0, 0.05) is 30.7 Å². The molecular formula is C25H31N3O2. The molecule has 5 heteroatoms. The van der Waals surface area contributed by atoms with Gasteiger partial charge in [-0.15, -0.1) is 0 Å². The second-order valence-corrected chi connectivity index (χ2v) is 7.30. The molecule has 0 radical (unpaired) electrons. The van der Waals surface area contributed by atoms with Gasteiger partial charge in [0.15, 0.2) is 0 Å². The lowest BCUT2D eigenvalue weighted by Gasteiger charge is -2.26. The Kier molecular flexibility index (Phi) is 8.24. The maximum atomic E-state index is 9.22. The number of fused-ring (bicyclic) bond motifs is 1. The summed E-state index contributed by atoms with van der Waals surface area (Å²) in [6.07, 6.45) is 5.62. The Labute approximate surface area is 179 Å². The Bertz CT molecular complexity index is 898. The smallest absolute Gasteiger partial charge is 0.118 e. The number of nitrogens with zero attached hydrogens (tertiary/aromatic N) is 1. The summed E-state index contributed by atoms with van der Waals surface area (Å²) in [5.74, 6) is 0.874. The van der Waals surface area contributed by atoms with Crippen molar-refractivity contribution in [1.29, 1.82) is 0 Å². The first-order chi connectivity index (χ1) is 14.7. The maximum Gasteiger partial charge on any atom is 0.118 e. The van der Waals surface area contributed by atoms with Crippen molar-refractivity contribution in [1.82, 2.24) is 10.3 Å². The minimum Gasteiger partial charge on any atom is -0.497 e. The van der Waals surface area contributed by atoms with E-state index in [4.69, 9.17) is 4.74 Å². The van der Waals surface area contributed by atoms with Crippen LogP contribution in [0.1, 0.15) is 24.5 Å². The van der Waals surface area contributed by atoms with E-state index in [0.717, 1.165) is 37.4 Å². The van der Waals surface area contributed by atoms with Crippen molar-refractivity contribution >= 4 is 5.69 Å². The van der Waals surface area contributed by atoms with Crippen LogP contribution < -0.4 is 15.4 Å². The molecule has 3 N–H and O–H groups in total. The SMILES string of the molecule is CCNCc1ccncc1.COc1ccc(-c2ccc3c(c2)CCC(CO)N3)cc1. The van der Waals surface area contributed by atoms with E-state index in [-0.39, 0.29) is 12.6 Å². The van der Waals surface area contributed by atoms with Crippen molar-refractivity contribution in [3.8, 4) is 16.9 Å². The Morgan fingerprint density at radius 1 is 1.07 bits per heavy atom. The molecule has 1 aliphatic rings. The van der Waals surface area contributed by atoms with E-state index < -0.39 is 0 Å². The van der Waals surface area contributed by atoms with Crippen molar-refractivity contribution in [2.24, 2.45) is 0 Å². The molecule has 0 bridgehead atoms. The van der Waals surface area contributed by atoms with Gasteiger partial charge in [0.1, 0.15) is 5.75 Å². The third kappa shape index (κ3) is 6.05. The molecule has 30 heavy (non-hydrogen) atoms. The molecule has 0 spiro atoms. The lowest BCUT2D eigenvalue weighted by atomic mass is 9.94. The molecular weight excluding hydrogens is 374 g/mol. The zero-order chi connectivity index (χ0) is 21.2.